The summed E-state index contributed by atoms with van der Waals surface area (Å²) in [5.41, 5.74) is 15.3. The Bertz CT molecular complexity index is 2980. The average molecular weight is 2040 g/mol. The molecule has 6 fully saturated rings. The summed E-state index contributed by atoms with van der Waals surface area (Å²) in [4.78, 5) is 0. The quantitative estimate of drug-likeness (QED) is 0.0562. The van der Waals surface area contributed by atoms with E-state index in [2.05, 4.69) is 235 Å². The van der Waals surface area contributed by atoms with E-state index in [4.69, 9.17) is 68.1 Å². The molecule has 12 aliphatic rings. The summed E-state index contributed by atoms with van der Waals surface area (Å²) in [5.74, 6) is 9.25. The van der Waals surface area contributed by atoms with Crippen LogP contribution in [0.1, 0.15) is 247 Å². The van der Waals surface area contributed by atoms with Crippen LogP contribution in [0.2, 0.25) is 36.8 Å². The molecule has 14 heteroatoms. The topological polar surface area (TPSA) is 0 Å². The fourth-order valence-electron chi connectivity index (χ4n) is 20.8. The average Bonchev–Trinajstić information content (AvgIpc) is 1.55. The van der Waals surface area contributed by atoms with Crippen LogP contribution in [0.5, 0.6) is 0 Å². The van der Waals surface area contributed by atoms with Crippen LogP contribution in [0.4, 0.5) is 0 Å². The molecule has 0 N–H and O–H groups in total. The van der Waals surface area contributed by atoms with Crippen molar-refractivity contribution in [2.75, 3.05) is 0 Å². The molecule has 0 aromatic heterocycles. The number of unbranched alkanes of at least 4 members (excludes halogenated alkanes) is 7. The SMILES string of the molecule is C1=CC2CCCC2C=C1.C1=CC2CCCC2C=C1.CCCCC1CCCC1.CCCCC1CCCC1.CCCCCCCC[Si](C)(C1c2ccccc2-c2ccccc21)C1c2ccccc2-c2ccccc21.C[Si](C)(C1CCC2C=CC=CC21)C1CCC2C=CC=CC21.[CH3-].[CH3-].[CH3-].[CH3-].[CH3-].[CH3-].[CH3-].[CH3-].[Cl][Zr+2][Cl].[Cl][Zr+2][Cl].[Cl][Zr+2][Cl].[Cl][Zr+2][Cl]. The molecule has 6 saturated carbocycles. The van der Waals surface area contributed by atoms with E-state index in [-0.39, 0.29) is 59.4 Å². The van der Waals surface area contributed by atoms with Gasteiger partial charge in [-0.3, -0.25) is 0 Å². The molecule has 113 heavy (non-hydrogen) atoms. The standard InChI is InChI=1S/C35H38Si.C20H28Si.2C9H12.2C9H18.8CH3.8ClH.4Zr/c1-3-4-5-6-7-16-25-36(2,34-30-21-12-8-17-26(30)27-18-9-13-22-31(27)34)35-32-23-14-10-19-28(32)29-20-11-15-24-33(29)35;1-21(2,19-13-11-15-7-3-5-9-17(15)19)20-14-12-16-8-4-6-10-18(16)20;2*1-2-5-9-7-3-6-8(9)4-1;2*1-2-3-6-9-7-4-5-8-9;;;;;;;;;;;;;;;;;;;;/h8-15,17-24,34-35H,3-7,16,25H2,1-2H3;3-10,15-20H,11-14H2,1-2H3;2*1-2,4-5,8-9H,3,6-7H2;2*9H,2-8H2,1H3;8*1H3;8*1H;;;;/q;;;;;;8*-1;;;;;;;;;4*+4/p-8. The molecule has 16 rings (SSSR count). The maximum absolute atomic E-state index is 4.93. The van der Waals surface area contributed by atoms with E-state index in [0.29, 0.717) is 11.1 Å². The van der Waals surface area contributed by atoms with Gasteiger partial charge in [0.1, 0.15) is 0 Å². The predicted octanol–water partition coefficient (Wildman–Crippen LogP) is 36.8. The zero-order chi connectivity index (χ0) is 75.1. The number of fused-ring (bicyclic) bond motifs is 10. The van der Waals surface area contributed by atoms with Crippen molar-refractivity contribution in [1.29, 1.82) is 0 Å². The minimum atomic E-state index is -1.96. The first-order valence-corrected chi connectivity index (χ1v) is 72.3. The zero-order valence-corrected chi connectivity index (χ0v) is 90.4. The minimum absolute atomic E-state index is 0. The van der Waals surface area contributed by atoms with Crippen molar-refractivity contribution < 1.29 is 83.4 Å². The molecular formula is C99H150Cl8Si2Zr4. The monoisotopic (exact) mass is 2030 g/mol. The van der Waals surface area contributed by atoms with Gasteiger partial charge in [0, 0.05) is 11.1 Å². The summed E-state index contributed by atoms with van der Waals surface area (Å²) in [6.45, 7) is 15.1. The van der Waals surface area contributed by atoms with Gasteiger partial charge in [-0.25, -0.2) is 0 Å². The van der Waals surface area contributed by atoms with Crippen LogP contribution in [0.25, 0.3) is 22.3 Å². The van der Waals surface area contributed by atoms with Crippen molar-refractivity contribution in [3.63, 3.8) is 0 Å². The first-order chi connectivity index (χ1) is 51.4. The van der Waals surface area contributed by atoms with Gasteiger partial charge >= 0.3 is 151 Å². The third-order valence-corrected chi connectivity index (χ3v) is 36.4. The summed E-state index contributed by atoms with van der Waals surface area (Å²) in [5, 5.41) is 0. The summed E-state index contributed by atoms with van der Waals surface area (Å²) in [6.07, 6.45) is 80.8. The Morgan fingerprint density at radius 1 is 0.292 bits per heavy atom. The van der Waals surface area contributed by atoms with Crippen molar-refractivity contribution in [3.05, 3.63) is 276 Å². The predicted molar refractivity (Wildman–Crippen MR) is 511 cm³/mol. The number of allylic oxidation sites excluding steroid dienone is 16. The second kappa shape index (κ2) is 66.6. The van der Waals surface area contributed by atoms with Gasteiger partial charge in [-0.2, -0.15) is 0 Å². The molecule has 0 heterocycles. The van der Waals surface area contributed by atoms with Gasteiger partial charge in [-0.05, 0) is 153 Å². The summed E-state index contributed by atoms with van der Waals surface area (Å²) in [6, 6.07) is 38.6. The first-order valence-electron chi connectivity index (χ1n) is 41.0. The molecular weight excluding hydrogens is 1890 g/mol. The normalized spacial score (nSPS) is 22.7. The van der Waals surface area contributed by atoms with Gasteiger partial charge in [-0.15, -0.1) is 0 Å². The fraction of sp³-hybridized carbons (Fsp3) is 0.515. The second-order valence-electron chi connectivity index (χ2n) is 32.4. The van der Waals surface area contributed by atoms with E-state index in [0.717, 1.165) is 70.3 Å². The number of rotatable bonds is 17. The number of hydrogen-bond acceptors (Lipinski definition) is 0. The number of hydrogen-bond donors (Lipinski definition) is 0. The second-order valence-corrected chi connectivity index (χ2v) is 57.1. The molecule has 0 bridgehead atoms. The van der Waals surface area contributed by atoms with Crippen LogP contribution >= 0.6 is 68.1 Å². The summed E-state index contributed by atoms with van der Waals surface area (Å²) >= 11 is -3.30. The fourth-order valence-corrected chi connectivity index (χ4v) is 31.6. The van der Waals surface area contributed by atoms with Gasteiger partial charge in [0.2, 0.25) is 0 Å². The Kier molecular flexibility index (Phi) is 68.4. The van der Waals surface area contributed by atoms with E-state index in [1.165, 1.54) is 221 Å². The molecule has 0 saturated heterocycles. The summed E-state index contributed by atoms with van der Waals surface area (Å²) < 4.78 is 0. The molecule has 10 unspecified atom stereocenters. The molecule has 0 spiro atoms. The molecule has 0 nitrogen and oxygen atoms in total. The maximum atomic E-state index is 4.93. The molecule has 12 aliphatic carbocycles. The van der Waals surface area contributed by atoms with E-state index >= 15 is 0 Å². The summed E-state index contributed by atoms with van der Waals surface area (Å²) in [7, 11) is 36.3. The van der Waals surface area contributed by atoms with Crippen molar-refractivity contribution >= 4 is 84.3 Å². The van der Waals surface area contributed by atoms with Crippen molar-refractivity contribution in [1.82, 2.24) is 0 Å². The molecule has 10 atom stereocenters. The Labute approximate surface area is 776 Å². The molecule has 626 valence electrons. The molecule has 0 aliphatic heterocycles. The van der Waals surface area contributed by atoms with E-state index in [9.17, 15) is 0 Å². The Morgan fingerprint density at radius 3 is 0.841 bits per heavy atom. The van der Waals surface area contributed by atoms with Gasteiger partial charge in [0.25, 0.3) is 0 Å². The zero-order valence-electron chi connectivity index (χ0n) is 72.5. The van der Waals surface area contributed by atoms with Crippen LogP contribution < -0.4 is 0 Å². The van der Waals surface area contributed by atoms with E-state index in [1.54, 1.807) is 22.3 Å². The van der Waals surface area contributed by atoms with Crippen molar-refractivity contribution in [2.45, 2.75) is 261 Å². The number of benzene rings is 4. The van der Waals surface area contributed by atoms with Gasteiger partial charge in [0.15, 0.2) is 0 Å². The van der Waals surface area contributed by atoms with Crippen LogP contribution in [0.3, 0.4) is 0 Å². The van der Waals surface area contributed by atoms with Crippen LogP contribution in [-0.2, 0) is 83.4 Å². The Morgan fingerprint density at radius 2 is 0.549 bits per heavy atom. The van der Waals surface area contributed by atoms with E-state index in [1.807, 2.05) is 0 Å². The molecule has 0 amide bonds. The van der Waals surface area contributed by atoms with Gasteiger partial charge in [-0.1, -0.05) is 395 Å². The van der Waals surface area contributed by atoms with Crippen LogP contribution in [0, 0.1) is 119 Å². The van der Waals surface area contributed by atoms with Crippen LogP contribution in [0.15, 0.2) is 194 Å². The van der Waals surface area contributed by atoms with Crippen LogP contribution in [-0.4, -0.2) is 16.1 Å². The van der Waals surface area contributed by atoms with Crippen molar-refractivity contribution in [3.8, 4) is 22.3 Å². The molecule has 0 radical (unpaired) electrons. The molecule has 4 aromatic carbocycles. The Balaban J connectivity index is 0. The number of halogens is 8. The molecule has 4 aromatic rings. The third-order valence-electron chi connectivity index (χ3n) is 25.9. The van der Waals surface area contributed by atoms with Gasteiger partial charge in [0.05, 0.1) is 16.1 Å². The van der Waals surface area contributed by atoms with Gasteiger partial charge < -0.3 is 59.4 Å². The first kappa shape index (κ1) is 116. The van der Waals surface area contributed by atoms with Crippen molar-refractivity contribution in [2.24, 2.45) is 59.2 Å². The third kappa shape index (κ3) is 35.6. The Hall–Kier alpha value is 1.09. The van der Waals surface area contributed by atoms with E-state index < -0.39 is 99.5 Å².